The number of hydrogen-bond acceptors (Lipinski definition) is 6. The summed E-state index contributed by atoms with van der Waals surface area (Å²) in [5, 5.41) is 4.36. The van der Waals surface area contributed by atoms with Crippen molar-refractivity contribution in [1.29, 1.82) is 0 Å². The Balaban J connectivity index is 2.56. The van der Waals surface area contributed by atoms with Crippen molar-refractivity contribution in [2.45, 2.75) is 51.9 Å². The Kier molecular flexibility index (Phi) is 6.68. The lowest BCUT2D eigenvalue weighted by molar-refractivity contribution is -0.150. The molecule has 0 aromatic rings. The molecule has 1 saturated carbocycles. The molecule has 9 heteroatoms. The van der Waals surface area contributed by atoms with E-state index in [1.54, 1.807) is 27.7 Å². The predicted octanol–water partition coefficient (Wildman–Crippen LogP) is 0.486. The van der Waals surface area contributed by atoms with E-state index in [0.29, 0.717) is 0 Å². The van der Waals surface area contributed by atoms with Gasteiger partial charge < -0.3 is 20.1 Å². The van der Waals surface area contributed by atoms with Crippen molar-refractivity contribution >= 4 is 23.8 Å². The highest BCUT2D eigenvalue weighted by Crippen LogP contribution is 2.35. The number of amides is 2. The first-order valence-electron chi connectivity index (χ1n) is 7.65. The lowest BCUT2D eigenvalue weighted by atomic mass is 10.1. The van der Waals surface area contributed by atoms with E-state index in [9.17, 15) is 23.6 Å². The summed E-state index contributed by atoms with van der Waals surface area (Å²) >= 11 is 0. The van der Waals surface area contributed by atoms with E-state index in [1.807, 2.05) is 0 Å². The second-order valence-corrected chi connectivity index (χ2v) is 6.37. The number of nitrogens with one attached hydrogen (secondary N) is 2. The monoisotopic (exact) mass is 346 g/mol. The Morgan fingerprint density at radius 3 is 2.29 bits per heavy atom. The molecule has 0 heterocycles. The first-order chi connectivity index (χ1) is 11.0. The van der Waals surface area contributed by atoms with Crippen LogP contribution in [0.3, 0.4) is 0 Å². The van der Waals surface area contributed by atoms with Crippen LogP contribution in [0.1, 0.15) is 34.1 Å². The van der Waals surface area contributed by atoms with Gasteiger partial charge in [-0.2, -0.15) is 0 Å². The minimum atomic E-state index is -1.58. The van der Waals surface area contributed by atoms with Gasteiger partial charge in [0.1, 0.15) is 18.3 Å². The van der Waals surface area contributed by atoms with Gasteiger partial charge in [0.25, 0.3) is 0 Å². The van der Waals surface area contributed by atoms with Gasteiger partial charge >= 0.3 is 12.1 Å². The molecule has 3 atom stereocenters. The molecule has 24 heavy (non-hydrogen) atoms. The van der Waals surface area contributed by atoms with Crippen LogP contribution in [0.5, 0.6) is 0 Å². The largest absolute Gasteiger partial charge is 0.464 e. The molecule has 0 saturated heterocycles. The molecular weight excluding hydrogens is 323 g/mol. The van der Waals surface area contributed by atoms with Crippen molar-refractivity contribution in [2.24, 2.45) is 5.92 Å². The van der Waals surface area contributed by atoms with E-state index in [-0.39, 0.29) is 13.0 Å². The van der Waals surface area contributed by atoms with Crippen molar-refractivity contribution < 1.29 is 33.0 Å². The third-order valence-corrected chi connectivity index (χ3v) is 2.98. The molecule has 8 nitrogen and oxygen atoms in total. The van der Waals surface area contributed by atoms with Crippen LogP contribution in [0.2, 0.25) is 0 Å². The Morgan fingerprint density at radius 2 is 1.83 bits per heavy atom. The standard InChI is InChI=1S/C15H23FN2O6/c1-5-23-13(21)11(12(20)8-6-9(8)16)18-10(19)7-17-14(22)24-15(2,3)4/h8-9,11H,5-7H2,1-4H3,(H,17,22)(H,18,19). The zero-order valence-electron chi connectivity index (χ0n) is 14.2. The fourth-order valence-electron chi connectivity index (χ4n) is 1.82. The van der Waals surface area contributed by atoms with Crippen LogP contribution in [0.4, 0.5) is 9.18 Å². The van der Waals surface area contributed by atoms with Crippen LogP contribution in [0, 0.1) is 5.92 Å². The maximum atomic E-state index is 13.0. The average Bonchev–Trinajstić information content (AvgIpc) is 3.17. The maximum absolute atomic E-state index is 13.0. The highest BCUT2D eigenvalue weighted by Gasteiger charge is 2.48. The number of hydrogen-bond donors (Lipinski definition) is 2. The first-order valence-corrected chi connectivity index (χ1v) is 7.65. The van der Waals surface area contributed by atoms with Crippen molar-refractivity contribution in [3.8, 4) is 0 Å². The Bertz CT molecular complexity index is 517. The fraction of sp³-hybridized carbons (Fsp3) is 0.733. The molecule has 3 unspecified atom stereocenters. The summed E-state index contributed by atoms with van der Waals surface area (Å²) in [6, 6.07) is -1.58. The molecule has 0 aromatic heterocycles. The van der Waals surface area contributed by atoms with Gasteiger partial charge in [-0.05, 0) is 34.1 Å². The lowest BCUT2D eigenvalue weighted by Gasteiger charge is -2.20. The molecule has 1 aliphatic rings. The summed E-state index contributed by atoms with van der Waals surface area (Å²) in [5.41, 5.74) is -0.730. The van der Waals surface area contributed by atoms with E-state index < -0.39 is 54.0 Å². The van der Waals surface area contributed by atoms with E-state index in [0.717, 1.165) is 0 Å². The number of ether oxygens (including phenoxy) is 2. The van der Waals surface area contributed by atoms with Crippen molar-refractivity contribution in [3.05, 3.63) is 0 Å². The highest BCUT2D eigenvalue weighted by molar-refractivity contribution is 6.08. The topological polar surface area (TPSA) is 111 Å². The van der Waals surface area contributed by atoms with Crippen molar-refractivity contribution in [3.63, 3.8) is 0 Å². The van der Waals surface area contributed by atoms with Gasteiger partial charge in [0, 0.05) is 0 Å². The zero-order valence-corrected chi connectivity index (χ0v) is 14.2. The summed E-state index contributed by atoms with van der Waals surface area (Å²) < 4.78 is 22.7. The molecule has 0 aliphatic heterocycles. The van der Waals surface area contributed by atoms with E-state index >= 15 is 0 Å². The van der Waals surface area contributed by atoms with Crippen LogP contribution in [-0.4, -0.2) is 54.7 Å². The third-order valence-electron chi connectivity index (χ3n) is 2.98. The fourth-order valence-corrected chi connectivity index (χ4v) is 1.82. The zero-order chi connectivity index (χ0) is 18.5. The molecule has 1 fully saturated rings. The number of esters is 1. The molecule has 2 N–H and O–H groups in total. The minimum absolute atomic E-state index is 0.0123. The molecule has 136 valence electrons. The number of carbonyl (C=O) groups excluding carboxylic acids is 4. The number of ketones is 1. The maximum Gasteiger partial charge on any atom is 0.408 e. The third kappa shape index (κ3) is 6.51. The SMILES string of the molecule is CCOC(=O)C(NC(=O)CNC(=O)OC(C)(C)C)C(=O)C1CC1F. The lowest BCUT2D eigenvalue weighted by Crippen LogP contribution is -2.51. The number of halogens is 1. The van der Waals surface area contributed by atoms with Crippen LogP contribution >= 0.6 is 0 Å². The highest BCUT2D eigenvalue weighted by atomic mass is 19.1. The second-order valence-electron chi connectivity index (χ2n) is 6.37. The molecule has 0 bridgehead atoms. The summed E-state index contributed by atoms with van der Waals surface area (Å²) in [4.78, 5) is 47.1. The van der Waals surface area contributed by atoms with Gasteiger partial charge in [0.15, 0.2) is 11.8 Å². The van der Waals surface area contributed by atoms with Crippen molar-refractivity contribution in [1.82, 2.24) is 10.6 Å². The molecule has 2 amide bonds. The summed E-state index contributed by atoms with van der Waals surface area (Å²) in [5.74, 6) is -3.37. The van der Waals surface area contributed by atoms with Gasteiger partial charge in [-0.25, -0.2) is 14.0 Å². The quantitative estimate of drug-likeness (QED) is 0.513. The van der Waals surface area contributed by atoms with Crippen LogP contribution in [0.25, 0.3) is 0 Å². The normalized spacial score (nSPS) is 20.5. The Morgan fingerprint density at radius 1 is 1.25 bits per heavy atom. The number of Topliss-reactive ketones (excluding diaryl/α,β-unsaturated/α-hetero) is 1. The summed E-state index contributed by atoms with van der Waals surface area (Å²) in [6.45, 7) is 6.03. The van der Waals surface area contributed by atoms with E-state index in [4.69, 9.17) is 9.47 Å². The second kappa shape index (κ2) is 8.07. The molecule has 1 aliphatic carbocycles. The van der Waals surface area contributed by atoms with Gasteiger partial charge in [-0.15, -0.1) is 0 Å². The number of carbonyl (C=O) groups is 4. The van der Waals surface area contributed by atoms with Gasteiger partial charge in [0.2, 0.25) is 5.91 Å². The van der Waals surface area contributed by atoms with Crippen LogP contribution < -0.4 is 10.6 Å². The Labute approximate surface area is 139 Å². The molecule has 0 aromatic carbocycles. The summed E-state index contributed by atoms with van der Waals surface area (Å²) in [7, 11) is 0. The van der Waals surface area contributed by atoms with Crippen molar-refractivity contribution in [2.75, 3.05) is 13.2 Å². The van der Waals surface area contributed by atoms with Crippen LogP contribution in [-0.2, 0) is 23.9 Å². The van der Waals surface area contributed by atoms with E-state index in [2.05, 4.69) is 10.6 Å². The minimum Gasteiger partial charge on any atom is -0.464 e. The molecule has 0 spiro atoms. The van der Waals surface area contributed by atoms with Gasteiger partial charge in [0.05, 0.1) is 12.5 Å². The number of alkyl carbamates (subject to hydrolysis) is 1. The first kappa shape index (κ1) is 19.9. The molecule has 1 rings (SSSR count). The summed E-state index contributed by atoms with van der Waals surface area (Å²) in [6.07, 6.45) is -2.09. The molecular formula is C15H23FN2O6. The van der Waals surface area contributed by atoms with E-state index in [1.165, 1.54) is 0 Å². The Hall–Kier alpha value is -2.19. The average molecular weight is 346 g/mol. The van der Waals surface area contributed by atoms with Crippen LogP contribution in [0.15, 0.2) is 0 Å². The number of alkyl halides is 1. The number of rotatable bonds is 7. The molecule has 0 radical (unpaired) electrons. The smallest absolute Gasteiger partial charge is 0.408 e. The predicted molar refractivity (Wildman–Crippen MR) is 80.8 cm³/mol. The van der Waals surface area contributed by atoms with Gasteiger partial charge in [-0.1, -0.05) is 0 Å². The van der Waals surface area contributed by atoms with Gasteiger partial charge in [-0.3, -0.25) is 9.59 Å².